The van der Waals surface area contributed by atoms with Crippen LogP contribution in [-0.4, -0.2) is 57.1 Å². The van der Waals surface area contributed by atoms with Gasteiger partial charge in [-0.1, -0.05) is 0 Å². The van der Waals surface area contributed by atoms with Gasteiger partial charge in [-0.15, -0.1) is 10.2 Å². The summed E-state index contributed by atoms with van der Waals surface area (Å²) < 4.78 is 38.1. The van der Waals surface area contributed by atoms with Crippen molar-refractivity contribution in [3.8, 4) is 5.88 Å². The number of aryl methyl sites for hydroxylation is 1. The third kappa shape index (κ3) is 4.94. The third-order valence-electron chi connectivity index (χ3n) is 5.31. The average molecular weight is 435 g/mol. The highest BCUT2D eigenvalue weighted by atomic mass is 19.3. The van der Waals surface area contributed by atoms with E-state index < -0.39 is 11.5 Å². The van der Waals surface area contributed by atoms with Crippen LogP contribution in [0.5, 0.6) is 5.88 Å². The predicted molar refractivity (Wildman–Crippen MR) is 108 cm³/mol. The molecular weight excluding hydrogens is 408 g/mol. The van der Waals surface area contributed by atoms with Crippen LogP contribution in [0.2, 0.25) is 0 Å². The van der Waals surface area contributed by atoms with Crippen LogP contribution < -0.4 is 9.64 Å². The zero-order valence-electron chi connectivity index (χ0n) is 18.2. The summed E-state index contributed by atoms with van der Waals surface area (Å²) in [5.74, 6) is -1.63. The fraction of sp³-hybridized carbons (Fsp3) is 0.619. The first-order valence-electron chi connectivity index (χ1n) is 10.4. The van der Waals surface area contributed by atoms with Gasteiger partial charge in [0.1, 0.15) is 11.4 Å². The monoisotopic (exact) mass is 435 g/mol. The fourth-order valence-electron chi connectivity index (χ4n) is 3.35. The highest BCUT2D eigenvalue weighted by Gasteiger charge is 2.45. The normalized spacial score (nSPS) is 17.9. The molecule has 1 saturated carbocycles. The quantitative estimate of drug-likeness (QED) is 0.658. The zero-order chi connectivity index (χ0) is 22.4. The number of hydrogen-bond donors (Lipinski definition) is 0. The summed E-state index contributed by atoms with van der Waals surface area (Å²) in [5, 5.41) is 7.80. The molecule has 2 aliphatic rings. The second-order valence-electron chi connectivity index (χ2n) is 9.26. The molecule has 4 rings (SSSR count). The van der Waals surface area contributed by atoms with Gasteiger partial charge in [0, 0.05) is 12.5 Å². The molecule has 0 atom stereocenters. The molecule has 0 aromatic carbocycles. The Bertz CT molecular complexity index is 960. The van der Waals surface area contributed by atoms with Gasteiger partial charge in [-0.3, -0.25) is 4.79 Å². The van der Waals surface area contributed by atoms with Crippen molar-refractivity contribution in [2.75, 3.05) is 24.6 Å². The molecule has 0 spiro atoms. The Kier molecular flexibility index (Phi) is 5.35. The maximum atomic E-state index is 13.4. The van der Waals surface area contributed by atoms with E-state index in [0.717, 1.165) is 12.8 Å². The number of carbonyl (C=O) groups excluding carboxylic acids is 1. The summed E-state index contributed by atoms with van der Waals surface area (Å²) in [4.78, 5) is 20.9. The zero-order valence-corrected chi connectivity index (χ0v) is 18.2. The second-order valence-corrected chi connectivity index (χ2v) is 9.26. The van der Waals surface area contributed by atoms with Gasteiger partial charge in [0.2, 0.25) is 17.7 Å². The van der Waals surface area contributed by atoms with E-state index in [2.05, 4.69) is 15.2 Å². The molecule has 0 N–H and O–H groups in total. The molecule has 2 fully saturated rings. The van der Waals surface area contributed by atoms with Gasteiger partial charge in [0.05, 0.1) is 26.2 Å². The van der Waals surface area contributed by atoms with Crippen LogP contribution in [0.3, 0.4) is 0 Å². The number of hydrogen-bond acceptors (Lipinski definition) is 7. The van der Waals surface area contributed by atoms with Crippen molar-refractivity contribution in [1.82, 2.24) is 20.1 Å². The van der Waals surface area contributed by atoms with E-state index in [9.17, 15) is 13.6 Å². The Morgan fingerprint density at radius 3 is 2.55 bits per heavy atom. The number of alkyl halides is 2. The summed E-state index contributed by atoms with van der Waals surface area (Å²) in [5.41, 5.74) is 0.111. The van der Waals surface area contributed by atoms with Crippen LogP contribution in [0.15, 0.2) is 16.5 Å². The van der Waals surface area contributed by atoms with E-state index in [1.807, 2.05) is 20.8 Å². The van der Waals surface area contributed by atoms with Crippen LogP contribution >= 0.6 is 0 Å². The number of pyridine rings is 1. The fourth-order valence-corrected chi connectivity index (χ4v) is 3.35. The van der Waals surface area contributed by atoms with Gasteiger partial charge >= 0.3 is 0 Å². The molecule has 0 bridgehead atoms. The summed E-state index contributed by atoms with van der Waals surface area (Å²) >= 11 is 0. The van der Waals surface area contributed by atoms with Crippen molar-refractivity contribution in [3.63, 3.8) is 0 Å². The lowest BCUT2D eigenvalue weighted by Gasteiger charge is -2.40. The topological polar surface area (TPSA) is 84.6 Å². The van der Waals surface area contributed by atoms with E-state index in [1.165, 1.54) is 4.90 Å². The largest absolute Gasteiger partial charge is 0.476 e. The number of carbonyl (C=O) groups is 1. The molecular formula is C21H27F2N5O3. The molecule has 168 valence electrons. The first-order chi connectivity index (χ1) is 14.5. The number of amides is 1. The number of ether oxygens (including phenoxy) is 1. The maximum Gasteiger partial charge on any atom is 0.282 e. The minimum absolute atomic E-state index is 0.128. The second kappa shape index (κ2) is 7.72. The molecule has 3 heterocycles. The molecule has 31 heavy (non-hydrogen) atoms. The summed E-state index contributed by atoms with van der Waals surface area (Å²) in [6.45, 7) is 7.20. The predicted octanol–water partition coefficient (Wildman–Crippen LogP) is 3.46. The molecule has 1 aliphatic carbocycles. The Morgan fingerprint density at radius 2 is 2.00 bits per heavy atom. The Hall–Kier alpha value is -2.78. The van der Waals surface area contributed by atoms with Gasteiger partial charge in [-0.25, -0.2) is 13.8 Å². The van der Waals surface area contributed by atoms with E-state index in [0.29, 0.717) is 30.0 Å². The smallest absolute Gasteiger partial charge is 0.282 e. The lowest BCUT2D eigenvalue weighted by atomic mass is 10.0. The molecule has 1 saturated heterocycles. The lowest BCUT2D eigenvalue weighted by Crippen LogP contribution is -2.56. The summed E-state index contributed by atoms with van der Waals surface area (Å²) in [6.07, 6.45) is 2.16. The van der Waals surface area contributed by atoms with E-state index in [1.54, 1.807) is 24.0 Å². The Morgan fingerprint density at radius 1 is 1.29 bits per heavy atom. The molecule has 10 heteroatoms. The molecule has 8 nitrogen and oxygen atoms in total. The average Bonchev–Trinajstić information content (AvgIpc) is 3.41. The van der Waals surface area contributed by atoms with Gasteiger partial charge in [-0.2, -0.15) is 0 Å². The molecule has 1 amide bonds. The van der Waals surface area contributed by atoms with Crippen LogP contribution in [0.1, 0.15) is 55.9 Å². The molecule has 0 radical (unpaired) electrons. The van der Waals surface area contributed by atoms with E-state index in [-0.39, 0.29) is 37.1 Å². The minimum atomic E-state index is -2.71. The number of aromatic nitrogens is 3. The Balaban J connectivity index is 1.59. The third-order valence-corrected chi connectivity index (χ3v) is 5.31. The van der Waals surface area contributed by atoms with Crippen LogP contribution in [-0.2, 0) is 6.54 Å². The van der Waals surface area contributed by atoms with Crippen LogP contribution in [0.25, 0.3) is 0 Å². The summed E-state index contributed by atoms with van der Waals surface area (Å²) in [7, 11) is 0. The van der Waals surface area contributed by atoms with Crippen molar-refractivity contribution < 1.29 is 22.7 Å². The van der Waals surface area contributed by atoms with Crippen molar-refractivity contribution >= 4 is 11.6 Å². The number of rotatable bonds is 7. The highest BCUT2D eigenvalue weighted by molar-refractivity contribution is 5.93. The maximum absolute atomic E-state index is 13.4. The minimum Gasteiger partial charge on any atom is -0.476 e. The first-order valence-corrected chi connectivity index (χ1v) is 10.4. The first kappa shape index (κ1) is 21.5. The van der Waals surface area contributed by atoms with Crippen molar-refractivity contribution in [2.24, 2.45) is 5.92 Å². The standard InChI is InChI=1S/C21H27F2N5O3/c1-13-25-26-17(31-13)9-28(20(2,3)4)19(29)15-7-8-16(27-11-21(22,23)12-27)18(24-15)30-10-14-5-6-14/h7-8,14H,5-6,9-12H2,1-4H3. The van der Waals surface area contributed by atoms with Crippen molar-refractivity contribution in [2.45, 2.75) is 58.5 Å². The van der Waals surface area contributed by atoms with Gasteiger partial charge < -0.3 is 19.0 Å². The molecule has 2 aromatic heterocycles. The molecule has 1 aliphatic heterocycles. The van der Waals surface area contributed by atoms with E-state index >= 15 is 0 Å². The van der Waals surface area contributed by atoms with Gasteiger partial charge in [0.25, 0.3) is 11.8 Å². The molecule has 2 aromatic rings. The molecule has 0 unspecified atom stereocenters. The number of halogens is 2. The van der Waals surface area contributed by atoms with Crippen LogP contribution in [0, 0.1) is 12.8 Å². The van der Waals surface area contributed by atoms with E-state index in [4.69, 9.17) is 9.15 Å². The lowest BCUT2D eigenvalue weighted by molar-refractivity contribution is -0.0265. The SMILES string of the molecule is Cc1nnc(CN(C(=O)c2ccc(N3CC(F)(F)C3)c(OCC3CC3)n2)C(C)(C)C)o1. The summed E-state index contributed by atoms with van der Waals surface area (Å²) in [6, 6.07) is 3.19. The van der Waals surface area contributed by atoms with Crippen molar-refractivity contribution in [1.29, 1.82) is 0 Å². The van der Waals surface area contributed by atoms with Gasteiger partial charge in [-0.05, 0) is 51.7 Å². The number of nitrogens with zero attached hydrogens (tertiary/aromatic N) is 5. The van der Waals surface area contributed by atoms with Crippen LogP contribution in [0.4, 0.5) is 14.5 Å². The van der Waals surface area contributed by atoms with Gasteiger partial charge in [0.15, 0.2) is 0 Å². The van der Waals surface area contributed by atoms with Crippen molar-refractivity contribution in [3.05, 3.63) is 29.6 Å². The highest BCUT2D eigenvalue weighted by Crippen LogP contribution is 2.38. The Labute approximate surface area is 179 Å². The number of anilines is 1.